The second kappa shape index (κ2) is 10.9. The van der Waals surface area contributed by atoms with Crippen molar-refractivity contribution in [2.45, 2.75) is 44.9 Å². The first-order valence-electron chi connectivity index (χ1n) is 9.62. The molecule has 1 saturated heterocycles. The van der Waals surface area contributed by atoms with Crippen LogP contribution in [-0.4, -0.2) is 30.6 Å². The molecule has 1 N–H and O–H groups in total. The van der Waals surface area contributed by atoms with Crippen molar-refractivity contribution in [2.24, 2.45) is 0 Å². The summed E-state index contributed by atoms with van der Waals surface area (Å²) in [4.78, 5) is 2.56. The lowest BCUT2D eigenvalue weighted by Crippen LogP contribution is -2.34. The van der Waals surface area contributed by atoms with Gasteiger partial charge in [0.1, 0.15) is 11.9 Å². The molecule has 2 heterocycles. The van der Waals surface area contributed by atoms with Crippen LogP contribution in [-0.2, 0) is 19.5 Å². The zero-order valence-corrected chi connectivity index (χ0v) is 17.4. The Labute approximate surface area is 175 Å². The fourth-order valence-corrected chi connectivity index (χ4v) is 3.96. The van der Waals surface area contributed by atoms with Crippen molar-refractivity contribution in [3.8, 4) is 5.75 Å². The van der Waals surface area contributed by atoms with E-state index in [2.05, 4.69) is 58.7 Å². The molecule has 0 aliphatic carbocycles. The van der Waals surface area contributed by atoms with E-state index in [4.69, 9.17) is 4.74 Å². The van der Waals surface area contributed by atoms with E-state index in [9.17, 15) is 0 Å². The molecule has 3 nitrogen and oxygen atoms in total. The molecule has 27 heavy (non-hydrogen) atoms. The lowest BCUT2D eigenvalue weighted by molar-refractivity contribution is 0.162. The van der Waals surface area contributed by atoms with Crippen LogP contribution in [0.1, 0.15) is 36.0 Å². The summed E-state index contributed by atoms with van der Waals surface area (Å²) in [5.74, 6) is 1.06. The van der Waals surface area contributed by atoms with Crippen molar-refractivity contribution in [1.82, 2.24) is 10.2 Å². The standard InChI is InChI=1S/C22H28N2O.2ClH/c1-2-5-18(6-3-1)16-24-14-4-7-19-15-22(9-8-20(19)17-24)25-21-10-12-23-13-11-21;;/h1-3,5-6,8-9,15,21,23H,4,7,10-14,16-17H2;2*1H. The summed E-state index contributed by atoms with van der Waals surface area (Å²) in [6, 6.07) is 17.6. The summed E-state index contributed by atoms with van der Waals surface area (Å²) >= 11 is 0. The van der Waals surface area contributed by atoms with Crippen molar-refractivity contribution >= 4 is 24.8 Å². The third kappa shape index (κ3) is 6.11. The highest BCUT2D eigenvalue weighted by molar-refractivity contribution is 5.85. The summed E-state index contributed by atoms with van der Waals surface area (Å²) in [6.07, 6.45) is 4.98. The maximum Gasteiger partial charge on any atom is 0.120 e. The van der Waals surface area contributed by atoms with E-state index in [1.807, 2.05) is 0 Å². The van der Waals surface area contributed by atoms with Crippen molar-refractivity contribution < 1.29 is 4.74 Å². The molecule has 2 aromatic carbocycles. The molecule has 0 amide bonds. The molecule has 2 aliphatic rings. The normalized spacial score (nSPS) is 17.8. The van der Waals surface area contributed by atoms with Gasteiger partial charge in [-0.05, 0) is 74.1 Å². The van der Waals surface area contributed by atoms with Crippen LogP contribution in [0.25, 0.3) is 0 Å². The number of nitrogens with zero attached hydrogens (tertiary/aromatic N) is 1. The smallest absolute Gasteiger partial charge is 0.120 e. The van der Waals surface area contributed by atoms with E-state index in [0.717, 1.165) is 57.7 Å². The maximum absolute atomic E-state index is 6.23. The minimum atomic E-state index is 0. The third-order valence-corrected chi connectivity index (χ3v) is 5.33. The number of fused-ring (bicyclic) bond motifs is 1. The SMILES string of the molecule is Cl.Cl.c1ccc(CN2CCCc3cc(OC4CCNCC4)ccc3C2)cc1. The highest BCUT2D eigenvalue weighted by Crippen LogP contribution is 2.26. The van der Waals surface area contributed by atoms with Gasteiger partial charge in [0.05, 0.1) is 0 Å². The minimum absolute atomic E-state index is 0. The summed E-state index contributed by atoms with van der Waals surface area (Å²) in [5, 5.41) is 3.40. The van der Waals surface area contributed by atoms with Crippen molar-refractivity contribution in [3.05, 3.63) is 65.2 Å². The Kier molecular flexibility index (Phi) is 8.91. The van der Waals surface area contributed by atoms with E-state index in [1.54, 1.807) is 0 Å². The van der Waals surface area contributed by atoms with Gasteiger partial charge in [-0.3, -0.25) is 4.90 Å². The first-order valence-corrected chi connectivity index (χ1v) is 9.62. The molecule has 0 atom stereocenters. The fourth-order valence-electron chi connectivity index (χ4n) is 3.96. The predicted octanol–water partition coefficient (Wildman–Crippen LogP) is 4.61. The second-order valence-corrected chi connectivity index (χ2v) is 7.30. The molecule has 0 aromatic heterocycles. The van der Waals surface area contributed by atoms with Crippen LogP contribution >= 0.6 is 24.8 Å². The predicted molar refractivity (Wildman–Crippen MR) is 116 cm³/mol. The molecule has 0 radical (unpaired) electrons. The summed E-state index contributed by atoms with van der Waals surface area (Å²) in [7, 11) is 0. The van der Waals surface area contributed by atoms with Crippen LogP contribution in [0, 0.1) is 0 Å². The fraction of sp³-hybridized carbons (Fsp3) is 0.455. The Morgan fingerprint density at radius 3 is 2.52 bits per heavy atom. The van der Waals surface area contributed by atoms with E-state index in [1.165, 1.54) is 23.1 Å². The van der Waals surface area contributed by atoms with Gasteiger partial charge >= 0.3 is 0 Å². The summed E-state index contributed by atoms with van der Waals surface area (Å²) in [6.45, 7) is 5.38. The number of hydrogen-bond acceptors (Lipinski definition) is 3. The Hall–Kier alpha value is -1.26. The van der Waals surface area contributed by atoms with Gasteiger partial charge in [-0.2, -0.15) is 0 Å². The average molecular weight is 409 g/mol. The molecule has 2 aromatic rings. The summed E-state index contributed by atoms with van der Waals surface area (Å²) < 4.78 is 6.23. The minimum Gasteiger partial charge on any atom is -0.490 e. The Morgan fingerprint density at radius 1 is 0.963 bits per heavy atom. The Morgan fingerprint density at radius 2 is 1.74 bits per heavy atom. The maximum atomic E-state index is 6.23. The van der Waals surface area contributed by atoms with Gasteiger partial charge in [-0.25, -0.2) is 0 Å². The zero-order chi connectivity index (χ0) is 16.9. The van der Waals surface area contributed by atoms with Crippen LogP contribution in [0.4, 0.5) is 0 Å². The van der Waals surface area contributed by atoms with Gasteiger partial charge in [0.2, 0.25) is 0 Å². The van der Waals surface area contributed by atoms with Crippen LogP contribution in [0.15, 0.2) is 48.5 Å². The number of rotatable bonds is 4. The molecular formula is C22H30Cl2N2O. The average Bonchev–Trinajstić information content (AvgIpc) is 2.85. The molecule has 4 rings (SSSR count). The highest BCUT2D eigenvalue weighted by atomic mass is 35.5. The molecule has 148 valence electrons. The van der Waals surface area contributed by atoms with Gasteiger partial charge in [0.15, 0.2) is 0 Å². The van der Waals surface area contributed by atoms with Crippen LogP contribution < -0.4 is 10.1 Å². The second-order valence-electron chi connectivity index (χ2n) is 7.30. The van der Waals surface area contributed by atoms with Gasteiger partial charge < -0.3 is 10.1 Å². The van der Waals surface area contributed by atoms with E-state index in [-0.39, 0.29) is 24.8 Å². The Balaban J connectivity index is 0.00000131. The van der Waals surface area contributed by atoms with E-state index in [0.29, 0.717) is 6.10 Å². The topological polar surface area (TPSA) is 24.5 Å². The number of benzene rings is 2. The molecule has 0 unspecified atom stereocenters. The zero-order valence-electron chi connectivity index (χ0n) is 15.7. The molecule has 0 bridgehead atoms. The molecular weight excluding hydrogens is 379 g/mol. The number of halogens is 2. The first kappa shape index (κ1) is 22.0. The number of hydrogen-bond donors (Lipinski definition) is 1. The van der Waals surface area contributed by atoms with Gasteiger partial charge in [0.25, 0.3) is 0 Å². The van der Waals surface area contributed by atoms with Crippen molar-refractivity contribution in [1.29, 1.82) is 0 Å². The van der Waals surface area contributed by atoms with Gasteiger partial charge in [-0.1, -0.05) is 36.4 Å². The molecule has 2 aliphatic heterocycles. The monoisotopic (exact) mass is 408 g/mol. The van der Waals surface area contributed by atoms with Gasteiger partial charge in [0, 0.05) is 13.1 Å². The van der Waals surface area contributed by atoms with E-state index < -0.39 is 0 Å². The van der Waals surface area contributed by atoms with Gasteiger partial charge in [-0.15, -0.1) is 24.8 Å². The Bertz CT molecular complexity index is 690. The van der Waals surface area contributed by atoms with E-state index >= 15 is 0 Å². The molecule has 0 spiro atoms. The number of nitrogens with one attached hydrogen (secondary N) is 1. The lowest BCUT2D eigenvalue weighted by Gasteiger charge is -2.24. The molecule has 0 saturated carbocycles. The quantitative estimate of drug-likeness (QED) is 0.798. The summed E-state index contributed by atoms with van der Waals surface area (Å²) in [5.41, 5.74) is 4.34. The first-order chi connectivity index (χ1) is 12.4. The van der Waals surface area contributed by atoms with Crippen LogP contribution in [0.2, 0.25) is 0 Å². The van der Waals surface area contributed by atoms with Crippen LogP contribution in [0.5, 0.6) is 5.75 Å². The van der Waals surface area contributed by atoms with Crippen molar-refractivity contribution in [2.75, 3.05) is 19.6 Å². The number of aryl methyl sites for hydroxylation is 1. The third-order valence-electron chi connectivity index (χ3n) is 5.33. The largest absolute Gasteiger partial charge is 0.490 e. The highest BCUT2D eigenvalue weighted by Gasteiger charge is 2.18. The molecule has 1 fully saturated rings. The van der Waals surface area contributed by atoms with Crippen LogP contribution in [0.3, 0.4) is 0 Å². The number of piperidine rings is 1. The van der Waals surface area contributed by atoms with Crippen molar-refractivity contribution in [3.63, 3.8) is 0 Å². The lowest BCUT2D eigenvalue weighted by atomic mass is 10.0. The molecule has 5 heteroatoms. The number of ether oxygens (including phenoxy) is 1.